The number of hydrogen-bond donors (Lipinski definition) is 1. The van der Waals surface area contributed by atoms with Crippen molar-refractivity contribution in [3.05, 3.63) is 62.6 Å². The lowest BCUT2D eigenvalue weighted by atomic mass is 10.2. The summed E-state index contributed by atoms with van der Waals surface area (Å²) < 4.78 is 5.70. The molecule has 5 heteroatoms. The third-order valence-corrected chi connectivity index (χ3v) is 3.95. The summed E-state index contributed by atoms with van der Waals surface area (Å²) in [4.78, 5) is 0. The summed E-state index contributed by atoms with van der Waals surface area (Å²) in [5.41, 5.74) is 1.93. The molecule has 0 heterocycles. The highest BCUT2D eigenvalue weighted by Crippen LogP contribution is 2.29. The van der Waals surface area contributed by atoms with Crippen LogP contribution in [0, 0.1) is 0 Å². The normalized spacial score (nSPS) is 10.6. The second kappa shape index (κ2) is 7.19. The molecule has 0 amide bonds. The second-order valence-electron chi connectivity index (χ2n) is 4.30. The first-order valence-corrected chi connectivity index (χ1v) is 7.24. The largest absolute Gasteiger partial charge is 0.487 e. The monoisotopic (exact) mass is 329 g/mol. The number of ether oxygens (including phenoxy) is 1. The summed E-state index contributed by atoms with van der Waals surface area (Å²) >= 11 is 18.3. The first kappa shape index (κ1) is 15.5. The Bertz CT molecular complexity index is 602. The molecule has 0 saturated carbocycles. The minimum absolute atomic E-state index is 0.324. The van der Waals surface area contributed by atoms with E-state index in [2.05, 4.69) is 5.32 Å². The molecule has 2 nitrogen and oxygen atoms in total. The Morgan fingerprint density at radius 2 is 1.85 bits per heavy atom. The molecular formula is C15H14Cl3NO. The Labute approximate surface area is 133 Å². The van der Waals surface area contributed by atoms with Crippen molar-refractivity contribution < 1.29 is 4.74 Å². The molecule has 0 saturated heterocycles. The van der Waals surface area contributed by atoms with Gasteiger partial charge in [0.05, 0.1) is 15.1 Å². The van der Waals surface area contributed by atoms with Crippen LogP contribution < -0.4 is 10.1 Å². The van der Waals surface area contributed by atoms with Crippen LogP contribution in [0.4, 0.5) is 0 Å². The van der Waals surface area contributed by atoms with Gasteiger partial charge in [-0.3, -0.25) is 0 Å². The zero-order valence-corrected chi connectivity index (χ0v) is 13.2. The molecule has 0 radical (unpaired) electrons. The van der Waals surface area contributed by atoms with Crippen molar-refractivity contribution in [2.75, 3.05) is 7.05 Å². The Kier molecular flexibility index (Phi) is 5.55. The Balaban J connectivity index is 2.09. The standard InChI is InChI=1S/C15H14Cl3NO/c1-19-8-10-5-6-14(13(17)7-10)20-9-11-3-2-4-12(16)15(11)18/h2-7,19H,8-9H2,1H3. The minimum Gasteiger partial charge on any atom is -0.487 e. The molecule has 0 bridgehead atoms. The smallest absolute Gasteiger partial charge is 0.138 e. The number of rotatable bonds is 5. The quantitative estimate of drug-likeness (QED) is 0.838. The maximum atomic E-state index is 6.19. The molecule has 2 aromatic rings. The van der Waals surface area contributed by atoms with Crippen LogP contribution in [0.25, 0.3) is 0 Å². The summed E-state index contributed by atoms with van der Waals surface area (Å²) in [5, 5.41) is 4.68. The van der Waals surface area contributed by atoms with Crippen molar-refractivity contribution in [1.82, 2.24) is 5.32 Å². The lowest BCUT2D eigenvalue weighted by Gasteiger charge is -2.11. The van der Waals surface area contributed by atoms with E-state index in [-0.39, 0.29) is 0 Å². The van der Waals surface area contributed by atoms with Crippen LogP contribution >= 0.6 is 34.8 Å². The van der Waals surface area contributed by atoms with Gasteiger partial charge in [-0.1, -0.05) is 53.0 Å². The predicted octanol–water partition coefficient (Wildman–Crippen LogP) is 4.95. The molecule has 0 atom stereocenters. The van der Waals surface area contributed by atoms with Crippen molar-refractivity contribution in [1.29, 1.82) is 0 Å². The molecule has 2 rings (SSSR count). The van der Waals surface area contributed by atoms with E-state index in [1.807, 2.05) is 37.4 Å². The van der Waals surface area contributed by atoms with E-state index in [0.29, 0.717) is 27.4 Å². The number of nitrogens with one attached hydrogen (secondary N) is 1. The van der Waals surface area contributed by atoms with E-state index in [9.17, 15) is 0 Å². The van der Waals surface area contributed by atoms with Gasteiger partial charge in [0.1, 0.15) is 12.4 Å². The Hall–Kier alpha value is -0.930. The lowest BCUT2D eigenvalue weighted by molar-refractivity contribution is 0.306. The van der Waals surface area contributed by atoms with Crippen molar-refractivity contribution >= 4 is 34.8 Å². The van der Waals surface area contributed by atoms with Crippen LogP contribution in [0.15, 0.2) is 36.4 Å². The van der Waals surface area contributed by atoms with E-state index in [0.717, 1.165) is 17.7 Å². The first-order valence-electron chi connectivity index (χ1n) is 6.10. The van der Waals surface area contributed by atoms with Gasteiger partial charge >= 0.3 is 0 Å². The predicted molar refractivity (Wildman–Crippen MR) is 85.0 cm³/mol. The van der Waals surface area contributed by atoms with Crippen LogP contribution in [0.1, 0.15) is 11.1 Å². The van der Waals surface area contributed by atoms with E-state index < -0.39 is 0 Å². The summed E-state index contributed by atoms with van der Waals surface area (Å²) in [6.45, 7) is 1.09. The fourth-order valence-electron chi connectivity index (χ4n) is 1.79. The highest BCUT2D eigenvalue weighted by atomic mass is 35.5. The van der Waals surface area contributed by atoms with Crippen LogP contribution in [-0.2, 0) is 13.2 Å². The molecule has 0 aliphatic carbocycles. The van der Waals surface area contributed by atoms with Gasteiger partial charge in [0.2, 0.25) is 0 Å². The van der Waals surface area contributed by atoms with E-state index in [4.69, 9.17) is 39.5 Å². The van der Waals surface area contributed by atoms with Crippen LogP contribution in [0.5, 0.6) is 5.75 Å². The summed E-state index contributed by atoms with van der Waals surface area (Å²) in [6.07, 6.45) is 0. The van der Waals surface area contributed by atoms with Crippen molar-refractivity contribution in [2.24, 2.45) is 0 Å². The Morgan fingerprint density at radius 1 is 1.05 bits per heavy atom. The average molecular weight is 331 g/mol. The van der Waals surface area contributed by atoms with Crippen LogP contribution in [0.2, 0.25) is 15.1 Å². The highest BCUT2D eigenvalue weighted by Gasteiger charge is 2.07. The molecule has 2 aromatic carbocycles. The molecule has 0 spiro atoms. The van der Waals surface area contributed by atoms with Gasteiger partial charge in [0.25, 0.3) is 0 Å². The molecular weight excluding hydrogens is 317 g/mol. The number of benzene rings is 2. The van der Waals surface area contributed by atoms with E-state index in [1.165, 1.54) is 0 Å². The van der Waals surface area contributed by atoms with Gasteiger partial charge in [-0.15, -0.1) is 0 Å². The van der Waals surface area contributed by atoms with E-state index >= 15 is 0 Å². The lowest BCUT2D eigenvalue weighted by Crippen LogP contribution is -2.05. The maximum Gasteiger partial charge on any atom is 0.138 e. The zero-order valence-electron chi connectivity index (χ0n) is 10.9. The van der Waals surface area contributed by atoms with Crippen LogP contribution in [0.3, 0.4) is 0 Å². The molecule has 0 unspecified atom stereocenters. The molecule has 0 aliphatic rings. The van der Waals surface area contributed by atoms with Gasteiger partial charge in [-0.05, 0) is 30.8 Å². The van der Waals surface area contributed by atoms with Crippen molar-refractivity contribution in [3.63, 3.8) is 0 Å². The summed E-state index contributed by atoms with van der Waals surface area (Å²) in [7, 11) is 1.89. The molecule has 20 heavy (non-hydrogen) atoms. The number of halogens is 3. The SMILES string of the molecule is CNCc1ccc(OCc2cccc(Cl)c2Cl)c(Cl)c1. The molecule has 0 aromatic heterocycles. The molecule has 1 N–H and O–H groups in total. The van der Waals surface area contributed by atoms with Gasteiger partial charge in [-0.25, -0.2) is 0 Å². The van der Waals surface area contributed by atoms with Gasteiger partial charge in [0, 0.05) is 12.1 Å². The zero-order chi connectivity index (χ0) is 14.5. The minimum atomic E-state index is 0.324. The molecule has 0 fully saturated rings. The number of hydrogen-bond acceptors (Lipinski definition) is 2. The average Bonchev–Trinajstić information content (AvgIpc) is 2.42. The summed E-state index contributed by atoms with van der Waals surface area (Å²) in [5.74, 6) is 0.627. The molecule has 106 valence electrons. The fourth-order valence-corrected chi connectivity index (χ4v) is 2.42. The van der Waals surface area contributed by atoms with Gasteiger partial charge in [-0.2, -0.15) is 0 Å². The van der Waals surface area contributed by atoms with Gasteiger partial charge in [0.15, 0.2) is 0 Å². The second-order valence-corrected chi connectivity index (χ2v) is 5.49. The van der Waals surface area contributed by atoms with Crippen LogP contribution in [-0.4, -0.2) is 7.05 Å². The van der Waals surface area contributed by atoms with Gasteiger partial charge < -0.3 is 10.1 Å². The Morgan fingerprint density at radius 3 is 2.55 bits per heavy atom. The summed E-state index contributed by atoms with van der Waals surface area (Å²) in [6, 6.07) is 11.2. The molecule has 0 aliphatic heterocycles. The van der Waals surface area contributed by atoms with Crippen molar-refractivity contribution in [3.8, 4) is 5.75 Å². The third-order valence-electron chi connectivity index (χ3n) is 2.79. The first-order chi connectivity index (χ1) is 9.61. The van der Waals surface area contributed by atoms with E-state index in [1.54, 1.807) is 6.07 Å². The maximum absolute atomic E-state index is 6.19. The topological polar surface area (TPSA) is 21.3 Å². The fraction of sp³-hybridized carbons (Fsp3) is 0.200. The highest BCUT2D eigenvalue weighted by molar-refractivity contribution is 6.42. The third kappa shape index (κ3) is 3.80. The van der Waals surface area contributed by atoms with Crippen molar-refractivity contribution in [2.45, 2.75) is 13.2 Å².